The van der Waals surface area contributed by atoms with Crippen LogP contribution in [-0.4, -0.2) is 37.0 Å². The van der Waals surface area contributed by atoms with Crippen molar-refractivity contribution in [3.8, 4) is 11.5 Å². The number of urea groups is 1. The summed E-state index contributed by atoms with van der Waals surface area (Å²) in [6.45, 7) is 7.18. The Labute approximate surface area is 247 Å². The van der Waals surface area contributed by atoms with Crippen molar-refractivity contribution in [2.45, 2.75) is 27.7 Å². The van der Waals surface area contributed by atoms with Gasteiger partial charge in [0.25, 0.3) is 17.7 Å². The molecule has 1 saturated heterocycles. The average Bonchev–Trinajstić information content (AvgIpc) is 2.90. The first-order chi connectivity index (χ1) is 19.5. The number of anilines is 2. The van der Waals surface area contributed by atoms with Crippen LogP contribution in [-0.2, 0) is 14.4 Å². The Balaban J connectivity index is 1.60. The molecule has 3 aromatic carbocycles. The van der Waals surface area contributed by atoms with Gasteiger partial charge in [-0.15, -0.1) is 0 Å². The largest absolute Gasteiger partial charge is 0.490 e. The van der Waals surface area contributed by atoms with Crippen LogP contribution in [0.15, 0.2) is 54.1 Å². The molecule has 0 unspecified atom stereocenters. The molecule has 0 bridgehead atoms. The summed E-state index contributed by atoms with van der Waals surface area (Å²) in [7, 11) is 0. The third-order valence-electron chi connectivity index (χ3n) is 6.17. The van der Waals surface area contributed by atoms with Gasteiger partial charge >= 0.3 is 6.03 Å². The van der Waals surface area contributed by atoms with E-state index in [0.29, 0.717) is 21.8 Å². The van der Waals surface area contributed by atoms with Gasteiger partial charge in [-0.1, -0.05) is 41.4 Å². The number of hydrogen-bond acceptors (Lipinski definition) is 6. The lowest BCUT2D eigenvalue weighted by molar-refractivity contribution is -0.122. The third-order valence-corrected chi connectivity index (χ3v) is 6.69. The smallest absolute Gasteiger partial charge is 0.335 e. The van der Waals surface area contributed by atoms with E-state index in [1.54, 1.807) is 26.0 Å². The topological polar surface area (TPSA) is 114 Å². The van der Waals surface area contributed by atoms with E-state index in [4.69, 9.17) is 32.7 Å². The van der Waals surface area contributed by atoms with Crippen molar-refractivity contribution in [3.05, 3.63) is 86.4 Å². The van der Waals surface area contributed by atoms with Crippen LogP contribution in [0.5, 0.6) is 11.5 Å². The fourth-order valence-corrected chi connectivity index (χ4v) is 4.58. The SMILES string of the molecule is CCOc1cc(/C=C2\C(=O)NC(=O)N(c3cc(Cl)ccc3C)C2=O)cc(Cl)c1OCC(=O)Nc1cc(C)ccc1C. The molecule has 2 N–H and O–H groups in total. The molecule has 1 fully saturated rings. The maximum absolute atomic E-state index is 13.3. The van der Waals surface area contributed by atoms with Crippen molar-refractivity contribution in [1.29, 1.82) is 0 Å². The Morgan fingerprint density at radius 1 is 0.976 bits per heavy atom. The molecule has 5 amide bonds. The Bertz CT molecular complexity index is 1600. The highest BCUT2D eigenvalue weighted by atomic mass is 35.5. The Hall–Kier alpha value is -4.34. The molecule has 1 heterocycles. The van der Waals surface area contributed by atoms with Gasteiger partial charge < -0.3 is 14.8 Å². The lowest BCUT2D eigenvalue weighted by Gasteiger charge is -2.27. The minimum absolute atomic E-state index is 0.0876. The van der Waals surface area contributed by atoms with Crippen molar-refractivity contribution in [2.75, 3.05) is 23.4 Å². The summed E-state index contributed by atoms with van der Waals surface area (Å²) in [6.07, 6.45) is 1.29. The molecule has 0 aromatic heterocycles. The van der Waals surface area contributed by atoms with E-state index in [2.05, 4.69) is 10.6 Å². The van der Waals surface area contributed by atoms with E-state index < -0.39 is 23.8 Å². The molecule has 4 rings (SSSR count). The fourth-order valence-electron chi connectivity index (χ4n) is 4.14. The third kappa shape index (κ3) is 6.70. The van der Waals surface area contributed by atoms with Crippen LogP contribution in [0.4, 0.5) is 16.2 Å². The molecular formula is C30H27Cl2N3O6. The van der Waals surface area contributed by atoms with E-state index in [9.17, 15) is 19.2 Å². The molecule has 1 aliphatic heterocycles. The fraction of sp³-hybridized carbons (Fsp3) is 0.200. The number of aryl methyl sites for hydroxylation is 3. The summed E-state index contributed by atoms with van der Waals surface area (Å²) in [5.41, 5.74) is 3.46. The summed E-state index contributed by atoms with van der Waals surface area (Å²) in [4.78, 5) is 52.1. The molecule has 3 aromatic rings. The first kappa shape index (κ1) is 29.6. The van der Waals surface area contributed by atoms with Crippen LogP contribution in [0.25, 0.3) is 6.08 Å². The van der Waals surface area contributed by atoms with Crippen molar-refractivity contribution >= 4 is 64.4 Å². The van der Waals surface area contributed by atoms with Gasteiger partial charge in [0.1, 0.15) is 5.57 Å². The van der Waals surface area contributed by atoms with Crippen LogP contribution in [0.1, 0.15) is 29.2 Å². The number of benzene rings is 3. The zero-order valence-corrected chi connectivity index (χ0v) is 24.3. The number of halogens is 2. The highest BCUT2D eigenvalue weighted by Gasteiger charge is 2.37. The number of hydrogen-bond donors (Lipinski definition) is 2. The van der Waals surface area contributed by atoms with E-state index in [0.717, 1.165) is 16.0 Å². The van der Waals surface area contributed by atoms with Gasteiger partial charge in [0.2, 0.25) is 0 Å². The predicted octanol–water partition coefficient (Wildman–Crippen LogP) is 6.00. The Morgan fingerprint density at radius 3 is 2.44 bits per heavy atom. The quantitative estimate of drug-likeness (QED) is 0.244. The number of nitrogens with zero attached hydrogens (tertiary/aromatic N) is 1. The monoisotopic (exact) mass is 595 g/mol. The van der Waals surface area contributed by atoms with E-state index in [-0.39, 0.29) is 41.0 Å². The Kier molecular flexibility index (Phi) is 9.00. The molecule has 212 valence electrons. The number of imide groups is 2. The minimum atomic E-state index is -0.890. The number of nitrogens with one attached hydrogen (secondary N) is 2. The summed E-state index contributed by atoms with van der Waals surface area (Å²) in [5, 5.41) is 5.41. The second-order valence-electron chi connectivity index (χ2n) is 9.31. The minimum Gasteiger partial charge on any atom is -0.490 e. The first-order valence-electron chi connectivity index (χ1n) is 12.6. The molecule has 0 saturated carbocycles. The predicted molar refractivity (Wildman–Crippen MR) is 158 cm³/mol. The van der Waals surface area contributed by atoms with Crippen molar-refractivity contribution < 1.29 is 28.7 Å². The van der Waals surface area contributed by atoms with Crippen molar-refractivity contribution in [1.82, 2.24) is 5.32 Å². The standard InChI is InChI=1S/C30H27Cl2N3O6/c1-5-40-25-13-19(12-22(32)27(25)41-15-26(36)33-23-10-16(2)6-7-17(23)3)11-21-28(37)34-30(39)35(29(21)38)24-14-20(31)9-8-18(24)4/h6-14H,5,15H2,1-4H3,(H,33,36)(H,34,37,39)/b21-11+. The molecule has 1 aliphatic rings. The highest BCUT2D eigenvalue weighted by Crippen LogP contribution is 2.38. The van der Waals surface area contributed by atoms with Gasteiger partial charge in [-0.05, 0) is 86.4 Å². The van der Waals surface area contributed by atoms with Gasteiger partial charge in [-0.2, -0.15) is 0 Å². The summed E-state index contributed by atoms with van der Waals surface area (Å²) >= 11 is 12.6. The van der Waals surface area contributed by atoms with E-state index in [1.165, 1.54) is 24.3 Å². The first-order valence-corrected chi connectivity index (χ1v) is 13.4. The Morgan fingerprint density at radius 2 is 1.71 bits per heavy atom. The molecule has 0 aliphatic carbocycles. The highest BCUT2D eigenvalue weighted by molar-refractivity contribution is 6.40. The molecule has 0 radical (unpaired) electrons. The number of carbonyl (C=O) groups excluding carboxylic acids is 4. The number of ether oxygens (including phenoxy) is 2. The molecule has 0 atom stereocenters. The summed E-state index contributed by atoms with van der Waals surface area (Å²) < 4.78 is 11.4. The summed E-state index contributed by atoms with van der Waals surface area (Å²) in [5.74, 6) is -1.77. The van der Waals surface area contributed by atoms with Crippen molar-refractivity contribution in [2.24, 2.45) is 0 Å². The molecule has 11 heteroatoms. The number of barbiturate groups is 1. The van der Waals surface area contributed by atoms with Crippen LogP contribution in [0, 0.1) is 20.8 Å². The van der Waals surface area contributed by atoms with Crippen LogP contribution in [0.3, 0.4) is 0 Å². The number of amides is 5. The maximum Gasteiger partial charge on any atom is 0.335 e. The number of rotatable bonds is 8. The number of carbonyl (C=O) groups is 4. The van der Waals surface area contributed by atoms with Gasteiger partial charge in [0.15, 0.2) is 18.1 Å². The van der Waals surface area contributed by atoms with Crippen LogP contribution >= 0.6 is 23.2 Å². The molecule has 9 nitrogen and oxygen atoms in total. The van der Waals surface area contributed by atoms with Crippen LogP contribution in [0.2, 0.25) is 10.0 Å². The van der Waals surface area contributed by atoms with E-state index >= 15 is 0 Å². The van der Waals surface area contributed by atoms with Crippen molar-refractivity contribution in [3.63, 3.8) is 0 Å². The lowest BCUT2D eigenvalue weighted by Crippen LogP contribution is -2.54. The molecule has 41 heavy (non-hydrogen) atoms. The molecular weight excluding hydrogens is 569 g/mol. The van der Waals surface area contributed by atoms with Gasteiger partial charge in [-0.3, -0.25) is 19.7 Å². The van der Waals surface area contributed by atoms with Crippen LogP contribution < -0.4 is 25.0 Å². The lowest BCUT2D eigenvalue weighted by atomic mass is 10.1. The second kappa shape index (κ2) is 12.4. The zero-order valence-electron chi connectivity index (χ0n) is 22.8. The van der Waals surface area contributed by atoms with E-state index in [1.807, 2.05) is 32.0 Å². The normalized spacial score (nSPS) is 14.2. The van der Waals surface area contributed by atoms with Gasteiger partial charge in [-0.25, -0.2) is 9.69 Å². The maximum atomic E-state index is 13.3. The van der Waals surface area contributed by atoms with Gasteiger partial charge in [0, 0.05) is 10.7 Å². The summed E-state index contributed by atoms with van der Waals surface area (Å²) in [6, 6.07) is 12.6. The zero-order chi connectivity index (χ0) is 29.8. The second-order valence-corrected chi connectivity index (χ2v) is 10.2. The van der Waals surface area contributed by atoms with Gasteiger partial charge in [0.05, 0.1) is 17.3 Å². The average molecular weight is 596 g/mol. The molecule has 0 spiro atoms.